The van der Waals surface area contributed by atoms with Crippen LogP contribution in [0.3, 0.4) is 0 Å². The third kappa shape index (κ3) is 3.26. The van der Waals surface area contributed by atoms with Gasteiger partial charge in [0, 0.05) is 30.6 Å². The molecule has 1 atom stereocenters. The minimum atomic E-state index is -0.465. The fraction of sp³-hybridized carbons (Fsp3) is 0.238. The summed E-state index contributed by atoms with van der Waals surface area (Å²) in [6.45, 7) is 2.68. The van der Waals surface area contributed by atoms with Gasteiger partial charge in [-0.25, -0.2) is 4.98 Å². The van der Waals surface area contributed by atoms with Crippen molar-refractivity contribution in [2.45, 2.75) is 25.8 Å². The summed E-state index contributed by atoms with van der Waals surface area (Å²) in [5.74, 6) is -0.177. The zero-order chi connectivity index (χ0) is 19.7. The van der Waals surface area contributed by atoms with Gasteiger partial charge in [0.2, 0.25) is 0 Å². The highest BCUT2D eigenvalue weighted by molar-refractivity contribution is 5.95. The van der Waals surface area contributed by atoms with Crippen LogP contribution >= 0.6 is 0 Å². The van der Waals surface area contributed by atoms with Crippen molar-refractivity contribution < 1.29 is 9.72 Å². The topological polar surface area (TPSA) is 81.3 Å². The molecule has 28 heavy (non-hydrogen) atoms. The highest BCUT2D eigenvalue weighted by Crippen LogP contribution is 2.34. The van der Waals surface area contributed by atoms with Crippen molar-refractivity contribution in [2.75, 3.05) is 6.54 Å². The molecule has 1 fully saturated rings. The number of nitro groups is 1. The van der Waals surface area contributed by atoms with Crippen LogP contribution in [-0.2, 0) is 0 Å². The Bertz CT molecular complexity index is 1010. The van der Waals surface area contributed by atoms with E-state index < -0.39 is 4.92 Å². The van der Waals surface area contributed by atoms with Gasteiger partial charge in [0.25, 0.3) is 11.6 Å². The molecule has 0 N–H and O–H groups in total. The third-order valence-corrected chi connectivity index (χ3v) is 5.18. The number of aryl methyl sites for hydroxylation is 1. The Morgan fingerprint density at radius 3 is 2.68 bits per heavy atom. The molecule has 0 bridgehead atoms. The van der Waals surface area contributed by atoms with E-state index in [2.05, 4.69) is 17.1 Å². The molecule has 1 saturated heterocycles. The highest BCUT2D eigenvalue weighted by Gasteiger charge is 2.31. The molecule has 2 heterocycles. The van der Waals surface area contributed by atoms with Gasteiger partial charge in [-0.2, -0.15) is 0 Å². The Morgan fingerprint density at radius 1 is 1.21 bits per heavy atom. The van der Waals surface area contributed by atoms with E-state index in [-0.39, 0.29) is 17.6 Å². The molecule has 1 aliphatic heterocycles. The van der Waals surface area contributed by atoms with Gasteiger partial charge in [-0.15, -0.1) is 0 Å². The van der Waals surface area contributed by atoms with Crippen LogP contribution in [0, 0.1) is 17.0 Å². The molecule has 7 nitrogen and oxygen atoms in total. The zero-order valence-corrected chi connectivity index (χ0v) is 15.5. The number of amides is 1. The summed E-state index contributed by atoms with van der Waals surface area (Å²) < 4.78 is 1.57. The van der Waals surface area contributed by atoms with Crippen molar-refractivity contribution >= 4 is 11.6 Å². The number of imidazole rings is 1. The Morgan fingerprint density at radius 2 is 2.00 bits per heavy atom. The predicted octanol–water partition coefficient (Wildman–Crippen LogP) is 4.07. The second-order valence-electron chi connectivity index (χ2n) is 7.00. The van der Waals surface area contributed by atoms with Crippen LogP contribution in [0.2, 0.25) is 0 Å². The van der Waals surface area contributed by atoms with Gasteiger partial charge < -0.3 is 9.47 Å². The Hall–Kier alpha value is -3.48. The largest absolute Gasteiger partial charge is 0.332 e. The van der Waals surface area contributed by atoms with Crippen LogP contribution in [0.4, 0.5) is 5.69 Å². The Kier molecular flexibility index (Phi) is 4.65. The van der Waals surface area contributed by atoms with Gasteiger partial charge in [0.05, 0.1) is 17.3 Å². The molecule has 3 aromatic rings. The van der Waals surface area contributed by atoms with Crippen molar-refractivity contribution in [2.24, 2.45) is 0 Å². The van der Waals surface area contributed by atoms with Crippen LogP contribution in [0.25, 0.3) is 5.69 Å². The fourth-order valence-electron chi connectivity index (χ4n) is 3.73. The maximum Gasteiger partial charge on any atom is 0.294 e. The fourth-order valence-corrected chi connectivity index (χ4v) is 3.73. The SMILES string of the molecule is Cc1ccc(C2CCCN2C(=O)c2ccc(-n3ccnc3)c([N+](=O)[O-])c2)cc1. The van der Waals surface area contributed by atoms with Crippen LogP contribution in [-0.4, -0.2) is 31.8 Å². The van der Waals surface area contributed by atoms with Gasteiger partial charge in [-0.1, -0.05) is 29.8 Å². The molecular formula is C21H20N4O3. The lowest BCUT2D eigenvalue weighted by Crippen LogP contribution is -2.30. The molecule has 0 saturated carbocycles. The standard InChI is InChI=1S/C21H20N4O3/c1-15-4-6-16(7-5-15)18-3-2-11-24(18)21(26)17-8-9-19(20(13-17)25(27)28)23-12-10-22-14-23/h4-10,12-14,18H,2-3,11H2,1H3. The summed E-state index contributed by atoms with van der Waals surface area (Å²) in [7, 11) is 0. The van der Waals surface area contributed by atoms with E-state index in [0.717, 1.165) is 18.4 Å². The average molecular weight is 376 g/mol. The molecule has 7 heteroatoms. The van der Waals surface area contributed by atoms with Crippen LogP contribution < -0.4 is 0 Å². The number of hydrogen-bond acceptors (Lipinski definition) is 4. The van der Waals surface area contributed by atoms with Gasteiger partial charge in [-0.3, -0.25) is 14.9 Å². The lowest BCUT2D eigenvalue weighted by molar-refractivity contribution is -0.384. The van der Waals surface area contributed by atoms with E-state index >= 15 is 0 Å². The van der Waals surface area contributed by atoms with Gasteiger partial charge in [-0.05, 0) is 37.5 Å². The van der Waals surface area contributed by atoms with E-state index in [9.17, 15) is 14.9 Å². The second kappa shape index (κ2) is 7.26. The second-order valence-corrected chi connectivity index (χ2v) is 7.00. The predicted molar refractivity (Wildman–Crippen MR) is 104 cm³/mol. The number of benzene rings is 2. The number of likely N-dealkylation sites (tertiary alicyclic amines) is 1. The molecule has 0 spiro atoms. The molecule has 4 rings (SSSR count). The van der Waals surface area contributed by atoms with E-state index in [1.165, 1.54) is 18.0 Å². The summed E-state index contributed by atoms with van der Waals surface area (Å²) in [5, 5.41) is 11.6. The number of nitro benzene ring substituents is 1. The number of rotatable bonds is 4. The maximum absolute atomic E-state index is 13.2. The van der Waals surface area contributed by atoms with Gasteiger partial charge in [0.1, 0.15) is 5.69 Å². The summed E-state index contributed by atoms with van der Waals surface area (Å²) in [6.07, 6.45) is 6.50. The van der Waals surface area contributed by atoms with Crippen molar-refractivity contribution in [1.82, 2.24) is 14.5 Å². The Balaban J connectivity index is 1.66. The monoisotopic (exact) mass is 376 g/mol. The van der Waals surface area contributed by atoms with E-state index in [1.54, 1.807) is 29.1 Å². The molecule has 1 amide bonds. The molecule has 1 unspecified atom stereocenters. The minimum Gasteiger partial charge on any atom is -0.332 e. The maximum atomic E-state index is 13.2. The van der Waals surface area contributed by atoms with Crippen molar-refractivity contribution in [3.8, 4) is 5.69 Å². The summed E-state index contributed by atoms with van der Waals surface area (Å²) in [4.78, 5) is 30.0. The lowest BCUT2D eigenvalue weighted by Gasteiger charge is -2.25. The van der Waals surface area contributed by atoms with Crippen molar-refractivity contribution in [1.29, 1.82) is 0 Å². The van der Waals surface area contributed by atoms with E-state index in [0.29, 0.717) is 17.8 Å². The highest BCUT2D eigenvalue weighted by atomic mass is 16.6. The molecule has 1 aliphatic rings. The van der Waals surface area contributed by atoms with E-state index in [4.69, 9.17) is 0 Å². The molecule has 1 aromatic heterocycles. The first kappa shape index (κ1) is 17.9. The van der Waals surface area contributed by atoms with Gasteiger partial charge in [0.15, 0.2) is 0 Å². The number of nitrogens with zero attached hydrogens (tertiary/aromatic N) is 4. The quantitative estimate of drug-likeness (QED) is 0.508. The Labute approximate surface area is 162 Å². The number of aromatic nitrogens is 2. The molecule has 2 aromatic carbocycles. The summed E-state index contributed by atoms with van der Waals surface area (Å²) in [6, 6.07) is 12.8. The van der Waals surface area contributed by atoms with Crippen molar-refractivity contribution in [3.63, 3.8) is 0 Å². The van der Waals surface area contributed by atoms with Crippen molar-refractivity contribution in [3.05, 3.63) is 88.0 Å². The van der Waals surface area contributed by atoms with Crippen LogP contribution in [0.1, 0.15) is 40.4 Å². The third-order valence-electron chi connectivity index (χ3n) is 5.18. The smallest absolute Gasteiger partial charge is 0.294 e. The van der Waals surface area contributed by atoms with E-state index in [1.807, 2.05) is 24.0 Å². The first-order valence-corrected chi connectivity index (χ1v) is 9.19. The first-order chi connectivity index (χ1) is 13.5. The molecule has 0 aliphatic carbocycles. The first-order valence-electron chi connectivity index (χ1n) is 9.19. The molecule has 142 valence electrons. The minimum absolute atomic E-state index is 0.000446. The molecule has 0 radical (unpaired) electrons. The normalized spacial score (nSPS) is 16.3. The number of carbonyl (C=O) groups is 1. The summed E-state index contributed by atoms with van der Waals surface area (Å²) in [5.41, 5.74) is 2.87. The van der Waals surface area contributed by atoms with Crippen LogP contribution in [0.5, 0.6) is 0 Å². The lowest BCUT2D eigenvalue weighted by atomic mass is 10.0. The average Bonchev–Trinajstić information content (AvgIpc) is 3.39. The number of carbonyl (C=O) groups excluding carboxylic acids is 1. The number of hydrogen-bond donors (Lipinski definition) is 0. The summed E-state index contributed by atoms with van der Waals surface area (Å²) >= 11 is 0. The van der Waals surface area contributed by atoms with Gasteiger partial charge >= 0.3 is 0 Å². The zero-order valence-electron chi connectivity index (χ0n) is 15.5. The molecular weight excluding hydrogens is 356 g/mol. The van der Waals surface area contributed by atoms with Crippen LogP contribution in [0.15, 0.2) is 61.2 Å².